The minimum Gasteiger partial charge on any atom is -0.490 e. The predicted octanol–water partition coefficient (Wildman–Crippen LogP) is 3.68. The molecule has 43 heavy (non-hydrogen) atoms. The number of sulfonamides is 1. The first-order valence-corrected chi connectivity index (χ1v) is 16.5. The number of aromatic carboxylic acids is 1. The molecule has 0 bridgehead atoms. The normalized spacial score (nSPS) is 21.4. The SMILES string of the molecule is C[C@H](CO)N1C[C@H](C)[C@@H](CN(C)Cc2ccc(C(=O)O)cc2)OCCCC[C@H](C)Oc2ccc(NS(C)(=O)=O)cc2C1=O. The van der Waals surface area contributed by atoms with Crippen LogP contribution < -0.4 is 9.46 Å². The van der Waals surface area contributed by atoms with Crippen LogP contribution in [-0.4, -0.2) is 98.2 Å². The molecule has 2 aromatic rings. The van der Waals surface area contributed by atoms with Crippen molar-refractivity contribution < 1.29 is 37.7 Å². The molecule has 0 unspecified atom stereocenters. The number of aliphatic hydroxyl groups excluding tert-OH is 1. The molecule has 1 aliphatic rings. The van der Waals surface area contributed by atoms with Crippen LogP contribution in [0.1, 0.15) is 66.3 Å². The predicted molar refractivity (Wildman–Crippen MR) is 165 cm³/mol. The maximum Gasteiger partial charge on any atom is 0.335 e. The van der Waals surface area contributed by atoms with Gasteiger partial charge in [0, 0.05) is 37.8 Å². The molecule has 0 aliphatic carbocycles. The number of amides is 1. The van der Waals surface area contributed by atoms with E-state index in [-0.39, 0.29) is 54.0 Å². The molecule has 3 rings (SSSR count). The van der Waals surface area contributed by atoms with Crippen LogP contribution in [0, 0.1) is 5.92 Å². The van der Waals surface area contributed by atoms with E-state index in [0.29, 0.717) is 25.4 Å². The van der Waals surface area contributed by atoms with Gasteiger partial charge in [-0.25, -0.2) is 13.2 Å². The van der Waals surface area contributed by atoms with E-state index in [9.17, 15) is 28.2 Å². The quantitative estimate of drug-likeness (QED) is 0.383. The zero-order chi connectivity index (χ0) is 31.7. The van der Waals surface area contributed by atoms with Crippen LogP contribution in [0.3, 0.4) is 0 Å². The van der Waals surface area contributed by atoms with Crippen molar-refractivity contribution >= 4 is 27.6 Å². The largest absolute Gasteiger partial charge is 0.490 e. The molecule has 1 amide bonds. The number of nitrogens with zero attached hydrogens (tertiary/aromatic N) is 2. The Bertz CT molecular complexity index is 1340. The summed E-state index contributed by atoms with van der Waals surface area (Å²) in [5, 5.41) is 19.3. The Hall–Kier alpha value is -3.19. The van der Waals surface area contributed by atoms with Gasteiger partial charge in [-0.2, -0.15) is 0 Å². The first-order valence-electron chi connectivity index (χ1n) is 14.6. The van der Waals surface area contributed by atoms with E-state index >= 15 is 0 Å². The van der Waals surface area contributed by atoms with Crippen molar-refractivity contribution in [3.8, 4) is 5.75 Å². The number of carboxylic acid groups (broad SMARTS) is 1. The summed E-state index contributed by atoms with van der Waals surface area (Å²) in [5.41, 5.74) is 1.66. The van der Waals surface area contributed by atoms with Gasteiger partial charge in [0.2, 0.25) is 10.0 Å². The topological polar surface area (TPSA) is 146 Å². The van der Waals surface area contributed by atoms with Crippen molar-refractivity contribution in [1.29, 1.82) is 0 Å². The molecule has 12 heteroatoms. The highest BCUT2D eigenvalue weighted by atomic mass is 32.2. The molecule has 0 saturated heterocycles. The van der Waals surface area contributed by atoms with Crippen LogP contribution in [0.25, 0.3) is 0 Å². The summed E-state index contributed by atoms with van der Waals surface area (Å²) in [4.78, 5) is 29.0. The molecule has 0 spiro atoms. The summed E-state index contributed by atoms with van der Waals surface area (Å²) < 4.78 is 38.8. The third kappa shape index (κ3) is 10.5. The summed E-state index contributed by atoms with van der Waals surface area (Å²) in [5.74, 6) is -1.11. The summed E-state index contributed by atoms with van der Waals surface area (Å²) >= 11 is 0. The average molecular weight is 620 g/mol. The molecular weight excluding hydrogens is 574 g/mol. The number of likely N-dealkylation sites (N-methyl/N-ethyl adjacent to an activating group) is 1. The highest BCUT2D eigenvalue weighted by molar-refractivity contribution is 7.92. The summed E-state index contributed by atoms with van der Waals surface area (Å²) in [7, 11) is -1.61. The fourth-order valence-electron chi connectivity index (χ4n) is 5.10. The number of carbonyl (C=O) groups is 2. The monoisotopic (exact) mass is 619 g/mol. The molecular formula is C31H45N3O8S. The van der Waals surface area contributed by atoms with Gasteiger partial charge in [0.25, 0.3) is 5.91 Å². The Morgan fingerprint density at radius 2 is 1.86 bits per heavy atom. The highest BCUT2D eigenvalue weighted by Crippen LogP contribution is 2.29. The number of rotatable bonds is 9. The molecule has 0 aromatic heterocycles. The lowest BCUT2D eigenvalue weighted by atomic mass is 10.0. The fourth-order valence-corrected chi connectivity index (χ4v) is 5.65. The number of anilines is 1. The second kappa shape index (κ2) is 15.5. The Morgan fingerprint density at radius 3 is 2.49 bits per heavy atom. The third-order valence-electron chi connectivity index (χ3n) is 7.50. The molecule has 0 fully saturated rings. The zero-order valence-corrected chi connectivity index (χ0v) is 26.5. The second-order valence-corrected chi connectivity index (χ2v) is 13.3. The van der Waals surface area contributed by atoms with Crippen LogP contribution >= 0.6 is 0 Å². The Morgan fingerprint density at radius 1 is 1.16 bits per heavy atom. The molecule has 1 heterocycles. The molecule has 238 valence electrons. The van der Waals surface area contributed by atoms with Crippen molar-refractivity contribution in [1.82, 2.24) is 9.80 Å². The zero-order valence-electron chi connectivity index (χ0n) is 25.7. The van der Waals surface area contributed by atoms with Crippen molar-refractivity contribution in [2.45, 2.75) is 64.8 Å². The lowest BCUT2D eigenvalue weighted by molar-refractivity contribution is -0.0177. The summed E-state index contributed by atoms with van der Waals surface area (Å²) in [6.45, 7) is 7.42. The van der Waals surface area contributed by atoms with E-state index in [0.717, 1.165) is 31.1 Å². The van der Waals surface area contributed by atoms with Gasteiger partial charge >= 0.3 is 5.97 Å². The molecule has 11 nitrogen and oxygen atoms in total. The number of hydrogen-bond acceptors (Lipinski definition) is 8. The number of carboxylic acids is 1. The molecule has 4 atom stereocenters. The smallest absolute Gasteiger partial charge is 0.335 e. The molecule has 0 radical (unpaired) electrons. The van der Waals surface area contributed by atoms with Crippen molar-refractivity contribution in [3.05, 3.63) is 59.2 Å². The lowest BCUT2D eigenvalue weighted by Gasteiger charge is -2.36. The molecule has 1 aliphatic heterocycles. The van der Waals surface area contributed by atoms with Gasteiger partial charge in [0.05, 0.1) is 42.2 Å². The molecule has 3 N–H and O–H groups in total. The van der Waals surface area contributed by atoms with Crippen LogP contribution in [0.4, 0.5) is 5.69 Å². The minimum atomic E-state index is -3.57. The number of nitrogens with one attached hydrogen (secondary N) is 1. The van der Waals surface area contributed by atoms with Gasteiger partial charge in [0.1, 0.15) is 5.75 Å². The Labute approximate surface area is 254 Å². The van der Waals surface area contributed by atoms with Crippen LogP contribution in [0.15, 0.2) is 42.5 Å². The van der Waals surface area contributed by atoms with Gasteiger partial charge in [-0.1, -0.05) is 19.1 Å². The number of fused-ring (bicyclic) bond motifs is 1. The standard InChI is InChI=1S/C31H45N3O8S/c1-21-17-34(22(2)20-35)30(36)27-16-26(32-43(5,39)40)13-14-28(27)42-23(3)8-6-7-15-41-29(21)19-33(4)18-24-9-11-25(12-10-24)31(37)38/h9-14,16,21-23,29,32,35H,6-8,15,17-20H2,1-5H3,(H,37,38)/t21-,22+,23-,29+/m0/s1. The molecule has 2 aromatic carbocycles. The van der Waals surface area contributed by atoms with Gasteiger partial charge < -0.3 is 24.6 Å². The van der Waals surface area contributed by atoms with Crippen LogP contribution in [-0.2, 0) is 21.3 Å². The minimum absolute atomic E-state index is 0.127. The van der Waals surface area contributed by atoms with E-state index in [1.54, 1.807) is 48.2 Å². The van der Waals surface area contributed by atoms with E-state index in [4.69, 9.17) is 9.47 Å². The Balaban J connectivity index is 1.89. The highest BCUT2D eigenvalue weighted by Gasteiger charge is 2.30. The number of ether oxygens (including phenoxy) is 2. The number of carbonyl (C=O) groups excluding carboxylic acids is 1. The van der Waals surface area contributed by atoms with Gasteiger partial charge in [-0.15, -0.1) is 0 Å². The number of benzene rings is 2. The molecule has 0 saturated carbocycles. The maximum atomic E-state index is 14.1. The number of hydrogen-bond donors (Lipinski definition) is 3. The van der Waals surface area contributed by atoms with E-state index in [1.807, 2.05) is 20.9 Å². The van der Waals surface area contributed by atoms with Crippen molar-refractivity contribution in [3.63, 3.8) is 0 Å². The van der Waals surface area contributed by atoms with Crippen LogP contribution in [0.2, 0.25) is 0 Å². The van der Waals surface area contributed by atoms with Gasteiger partial charge in [-0.3, -0.25) is 14.4 Å². The lowest BCUT2D eigenvalue weighted by Crippen LogP contribution is -2.47. The van der Waals surface area contributed by atoms with Gasteiger partial charge in [-0.05, 0) is 76.1 Å². The first-order chi connectivity index (χ1) is 20.3. The van der Waals surface area contributed by atoms with E-state index in [1.165, 1.54) is 6.07 Å². The van der Waals surface area contributed by atoms with E-state index in [2.05, 4.69) is 9.62 Å². The van der Waals surface area contributed by atoms with Crippen molar-refractivity contribution in [2.24, 2.45) is 5.92 Å². The van der Waals surface area contributed by atoms with Gasteiger partial charge in [0.15, 0.2) is 0 Å². The second-order valence-electron chi connectivity index (χ2n) is 11.6. The maximum absolute atomic E-state index is 14.1. The van der Waals surface area contributed by atoms with Crippen molar-refractivity contribution in [2.75, 3.05) is 44.3 Å². The summed E-state index contributed by atoms with van der Waals surface area (Å²) in [6.07, 6.45) is 3.04. The first kappa shape index (κ1) is 34.3. The van der Waals surface area contributed by atoms with E-state index < -0.39 is 22.0 Å². The Kier molecular flexibility index (Phi) is 12.4. The third-order valence-corrected chi connectivity index (χ3v) is 8.11. The fraction of sp³-hybridized carbons (Fsp3) is 0.548. The van der Waals surface area contributed by atoms with Crippen LogP contribution in [0.5, 0.6) is 5.75 Å². The number of aliphatic hydroxyl groups is 1. The summed E-state index contributed by atoms with van der Waals surface area (Å²) in [6, 6.07) is 10.9. The average Bonchev–Trinajstić information content (AvgIpc) is 2.94.